The number of benzene rings is 3. The maximum atomic E-state index is 13.5. The molecule has 0 aliphatic rings. The van der Waals surface area contributed by atoms with Gasteiger partial charge in [-0.2, -0.15) is 0 Å². The van der Waals surface area contributed by atoms with E-state index in [9.17, 15) is 13.2 Å². The molecule has 0 unspecified atom stereocenters. The van der Waals surface area contributed by atoms with Crippen LogP contribution in [0.4, 0.5) is 5.69 Å². The fourth-order valence-electron chi connectivity index (χ4n) is 3.65. The molecule has 0 aliphatic carbocycles. The van der Waals surface area contributed by atoms with Crippen molar-refractivity contribution in [1.29, 1.82) is 0 Å². The van der Waals surface area contributed by atoms with Gasteiger partial charge in [-0.1, -0.05) is 74.8 Å². The van der Waals surface area contributed by atoms with Crippen molar-refractivity contribution >= 4 is 33.2 Å². The van der Waals surface area contributed by atoms with Gasteiger partial charge in [-0.15, -0.1) is 0 Å². The largest absolute Gasteiger partial charge is 0.348 e. The summed E-state index contributed by atoms with van der Waals surface area (Å²) in [5.41, 5.74) is 3.39. The molecule has 0 saturated heterocycles. The molecule has 0 heterocycles. The van der Waals surface area contributed by atoms with E-state index in [0.717, 1.165) is 15.4 Å². The van der Waals surface area contributed by atoms with E-state index in [-0.39, 0.29) is 22.9 Å². The molecule has 5 nitrogen and oxygen atoms in total. The molecule has 7 heteroatoms. The summed E-state index contributed by atoms with van der Waals surface area (Å²) in [5.74, 6) is -0.395. The second kappa shape index (κ2) is 10.2. The molecule has 3 rings (SSSR count). The van der Waals surface area contributed by atoms with Gasteiger partial charge in [0, 0.05) is 5.02 Å². The molecular weight excluding hydrogens is 468 g/mol. The average molecular weight is 499 g/mol. The predicted molar refractivity (Wildman–Crippen MR) is 139 cm³/mol. The fraction of sp³-hybridized carbons (Fsp3) is 0.296. The first-order valence-electron chi connectivity index (χ1n) is 11.1. The van der Waals surface area contributed by atoms with E-state index in [2.05, 4.69) is 38.2 Å². The van der Waals surface area contributed by atoms with Crippen LogP contribution < -0.4 is 9.62 Å². The average Bonchev–Trinajstić information content (AvgIpc) is 2.78. The Kier molecular flexibility index (Phi) is 7.74. The standard InChI is InChI=1S/C27H31ClN2O3S/c1-19-8-6-7-9-25(19)30(34(32,33)24-16-14-23(28)15-17-24)18-26(31)29-20(2)21-10-12-22(13-11-21)27(3,4)5/h6-17,20H,18H2,1-5H3,(H,29,31)/t20-/m1/s1. The molecule has 34 heavy (non-hydrogen) atoms. The molecule has 180 valence electrons. The highest BCUT2D eigenvalue weighted by molar-refractivity contribution is 7.92. The molecule has 3 aromatic carbocycles. The van der Waals surface area contributed by atoms with Gasteiger partial charge in [-0.05, 0) is 66.3 Å². The van der Waals surface area contributed by atoms with Crippen LogP contribution in [0.3, 0.4) is 0 Å². The molecule has 1 N–H and O–H groups in total. The number of aryl methyl sites for hydroxylation is 1. The summed E-state index contributed by atoms with van der Waals surface area (Å²) in [4.78, 5) is 13.1. The number of rotatable bonds is 7. The van der Waals surface area contributed by atoms with E-state index in [0.29, 0.717) is 10.7 Å². The minimum atomic E-state index is -4.00. The lowest BCUT2D eigenvalue weighted by Gasteiger charge is -2.26. The van der Waals surface area contributed by atoms with Crippen molar-refractivity contribution in [1.82, 2.24) is 5.32 Å². The maximum Gasteiger partial charge on any atom is 0.264 e. The quantitative estimate of drug-likeness (QED) is 0.433. The summed E-state index contributed by atoms with van der Waals surface area (Å²) in [5, 5.41) is 3.38. The van der Waals surface area contributed by atoms with Gasteiger partial charge in [-0.25, -0.2) is 8.42 Å². The zero-order valence-electron chi connectivity index (χ0n) is 20.2. The molecule has 0 saturated carbocycles. The van der Waals surface area contributed by atoms with Crippen molar-refractivity contribution in [2.75, 3.05) is 10.8 Å². The maximum absolute atomic E-state index is 13.5. The Hall–Kier alpha value is -2.83. The minimum Gasteiger partial charge on any atom is -0.348 e. The van der Waals surface area contributed by atoms with Gasteiger partial charge in [0.05, 0.1) is 16.6 Å². The van der Waals surface area contributed by atoms with E-state index < -0.39 is 15.9 Å². The summed E-state index contributed by atoms with van der Waals surface area (Å²) in [6.07, 6.45) is 0. The SMILES string of the molecule is Cc1ccccc1N(CC(=O)N[C@H](C)c1ccc(C(C)(C)C)cc1)S(=O)(=O)c1ccc(Cl)cc1. The van der Waals surface area contributed by atoms with E-state index in [4.69, 9.17) is 11.6 Å². The molecule has 0 bridgehead atoms. The highest BCUT2D eigenvalue weighted by atomic mass is 35.5. The smallest absolute Gasteiger partial charge is 0.264 e. The summed E-state index contributed by atoms with van der Waals surface area (Å²) in [7, 11) is -4.00. The van der Waals surface area contributed by atoms with Crippen LogP contribution in [0.5, 0.6) is 0 Å². The van der Waals surface area contributed by atoms with Crippen LogP contribution in [0, 0.1) is 6.92 Å². The van der Waals surface area contributed by atoms with Crippen molar-refractivity contribution in [3.63, 3.8) is 0 Å². The van der Waals surface area contributed by atoms with Crippen molar-refractivity contribution in [2.45, 2.75) is 51.0 Å². The summed E-state index contributed by atoms with van der Waals surface area (Å²) < 4.78 is 28.2. The Morgan fingerprint density at radius 1 is 0.971 bits per heavy atom. The number of hydrogen-bond acceptors (Lipinski definition) is 3. The molecule has 3 aromatic rings. The van der Waals surface area contributed by atoms with Gasteiger partial charge >= 0.3 is 0 Å². The first-order chi connectivity index (χ1) is 15.9. The third-order valence-corrected chi connectivity index (χ3v) is 7.75. The highest BCUT2D eigenvalue weighted by Crippen LogP contribution is 2.28. The van der Waals surface area contributed by atoms with Gasteiger partial charge < -0.3 is 5.32 Å². The number of anilines is 1. The minimum absolute atomic E-state index is 0.0368. The second-order valence-electron chi connectivity index (χ2n) is 9.41. The lowest BCUT2D eigenvalue weighted by molar-refractivity contribution is -0.120. The number of sulfonamides is 1. The highest BCUT2D eigenvalue weighted by Gasteiger charge is 2.28. The van der Waals surface area contributed by atoms with Crippen LogP contribution in [0.1, 0.15) is 50.4 Å². The Morgan fingerprint density at radius 3 is 2.12 bits per heavy atom. The molecule has 0 aromatic heterocycles. The van der Waals surface area contributed by atoms with E-state index in [1.165, 1.54) is 29.8 Å². The first kappa shape index (κ1) is 25.8. The zero-order valence-corrected chi connectivity index (χ0v) is 21.7. The number of nitrogens with zero attached hydrogens (tertiary/aromatic N) is 1. The summed E-state index contributed by atoms with van der Waals surface area (Å²) in [6.45, 7) is 9.80. The number of carbonyl (C=O) groups is 1. The Morgan fingerprint density at radius 2 is 1.56 bits per heavy atom. The monoisotopic (exact) mass is 498 g/mol. The van der Waals surface area contributed by atoms with Crippen molar-refractivity contribution in [2.24, 2.45) is 0 Å². The van der Waals surface area contributed by atoms with Crippen LogP contribution in [0.15, 0.2) is 77.7 Å². The van der Waals surface area contributed by atoms with Crippen LogP contribution in [-0.4, -0.2) is 20.9 Å². The van der Waals surface area contributed by atoms with Crippen molar-refractivity contribution in [3.05, 3.63) is 94.5 Å². The topological polar surface area (TPSA) is 66.5 Å². The number of carbonyl (C=O) groups excluding carboxylic acids is 1. The van der Waals surface area contributed by atoms with Crippen LogP contribution in [0.25, 0.3) is 0 Å². The Labute approximate surface area is 207 Å². The third kappa shape index (κ3) is 5.99. The van der Waals surface area contributed by atoms with E-state index in [1.807, 2.05) is 38.1 Å². The van der Waals surface area contributed by atoms with E-state index >= 15 is 0 Å². The fourth-order valence-corrected chi connectivity index (χ4v) is 5.26. The normalized spacial score (nSPS) is 12.8. The lowest BCUT2D eigenvalue weighted by Crippen LogP contribution is -2.41. The molecule has 0 fully saturated rings. The zero-order chi connectivity index (χ0) is 25.1. The van der Waals surface area contributed by atoms with Gasteiger partial charge in [0.1, 0.15) is 6.54 Å². The third-order valence-electron chi connectivity index (χ3n) is 5.73. The number of amides is 1. The van der Waals surface area contributed by atoms with Crippen molar-refractivity contribution < 1.29 is 13.2 Å². The molecule has 0 radical (unpaired) electrons. The summed E-state index contributed by atoms with van der Waals surface area (Å²) >= 11 is 5.95. The first-order valence-corrected chi connectivity index (χ1v) is 12.9. The number of para-hydroxylation sites is 1. The molecular formula is C27H31ClN2O3S. The molecule has 1 amide bonds. The molecule has 0 aliphatic heterocycles. The molecule has 1 atom stereocenters. The predicted octanol–water partition coefficient (Wildman–Crippen LogP) is 6.02. The van der Waals surface area contributed by atoms with Crippen LogP contribution in [0.2, 0.25) is 5.02 Å². The number of halogens is 1. The lowest BCUT2D eigenvalue weighted by atomic mass is 9.86. The van der Waals surface area contributed by atoms with Gasteiger partial charge in [0.25, 0.3) is 10.0 Å². The Bertz CT molecular complexity index is 1250. The van der Waals surface area contributed by atoms with Gasteiger partial charge in [-0.3, -0.25) is 9.10 Å². The van der Waals surface area contributed by atoms with Gasteiger partial charge in [0.15, 0.2) is 0 Å². The number of nitrogens with one attached hydrogen (secondary N) is 1. The Balaban J connectivity index is 1.86. The second-order valence-corrected chi connectivity index (χ2v) is 11.7. The molecule has 0 spiro atoms. The van der Waals surface area contributed by atoms with Crippen LogP contribution >= 0.6 is 11.6 Å². The number of hydrogen-bond donors (Lipinski definition) is 1. The van der Waals surface area contributed by atoms with Gasteiger partial charge in [0.2, 0.25) is 5.91 Å². The van der Waals surface area contributed by atoms with Crippen molar-refractivity contribution in [3.8, 4) is 0 Å². The van der Waals surface area contributed by atoms with Crippen LogP contribution in [-0.2, 0) is 20.2 Å². The summed E-state index contributed by atoms with van der Waals surface area (Å²) in [6, 6.07) is 20.9. The van der Waals surface area contributed by atoms with E-state index in [1.54, 1.807) is 12.1 Å².